The monoisotopic (exact) mass is 670 g/mol. The van der Waals surface area contributed by atoms with Crippen LogP contribution in [0.1, 0.15) is 84.0 Å². The van der Waals surface area contributed by atoms with Crippen LogP contribution < -0.4 is 0 Å². The maximum Gasteiger partial charge on any atom is 0.305 e. The van der Waals surface area contributed by atoms with Crippen LogP contribution in [0.4, 0.5) is 0 Å². The zero-order valence-electron chi connectivity index (χ0n) is 26.4. The molecule has 2 aliphatic heterocycles. The van der Waals surface area contributed by atoms with Crippen molar-refractivity contribution < 1.29 is 79.2 Å². The number of hydrogen-bond donors (Lipinski definition) is 9. The van der Waals surface area contributed by atoms with E-state index in [-0.39, 0.29) is 13.0 Å². The summed E-state index contributed by atoms with van der Waals surface area (Å²) >= 11 is 0. The number of aliphatic carboxylic acids is 1. The molecule has 0 saturated carbocycles. The van der Waals surface area contributed by atoms with Gasteiger partial charge in [-0.2, -0.15) is 0 Å². The van der Waals surface area contributed by atoms with Crippen molar-refractivity contribution in [3.8, 4) is 0 Å². The van der Waals surface area contributed by atoms with Gasteiger partial charge < -0.3 is 69.6 Å². The summed E-state index contributed by atoms with van der Waals surface area (Å²) in [7, 11) is 0. The highest BCUT2D eigenvalue weighted by Crippen LogP contribution is 2.30. The van der Waals surface area contributed by atoms with Crippen molar-refractivity contribution in [3.05, 3.63) is 0 Å². The Balaban J connectivity index is 1.72. The van der Waals surface area contributed by atoms with E-state index in [1.165, 1.54) is 0 Å². The third-order valence-corrected chi connectivity index (χ3v) is 8.17. The smallest absolute Gasteiger partial charge is 0.305 e. The SMILES string of the molecule is CC(=O)OC[C@H]1O[C@@H](OC[C@H](O)CCCCCCCCCCC[C@@H](O)CC(=O)O)[C@H](O)[C@@H](O)[C@@H]1O[C@@H]1O[C@H](CO)[C@@H](O)[C@H](O)[C@H]1O. The first kappa shape index (κ1) is 40.6. The quantitative estimate of drug-likeness (QED) is 0.0478. The van der Waals surface area contributed by atoms with Gasteiger partial charge in [0.1, 0.15) is 55.4 Å². The minimum absolute atomic E-state index is 0.214. The number of aliphatic hydroxyl groups excluding tert-OH is 8. The van der Waals surface area contributed by atoms with E-state index in [9.17, 15) is 50.4 Å². The van der Waals surface area contributed by atoms with Gasteiger partial charge in [0.25, 0.3) is 0 Å². The van der Waals surface area contributed by atoms with E-state index in [2.05, 4.69) is 0 Å². The van der Waals surface area contributed by atoms with Crippen molar-refractivity contribution in [2.45, 2.75) is 158 Å². The highest BCUT2D eigenvalue weighted by molar-refractivity contribution is 5.67. The maximum atomic E-state index is 11.5. The Hall–Kier alpha value is -1.54. The molecule has 0 aliphatic carbocycles. The molecule has 16 heteroatoms. The van der Waals surface area contributed by atoms with Crippen molar-refractivity contribution in [2.75, 3.05) is 19.8 Å². The first-order valence-electron chi connectivity index (χ1n) is 16.2. The number of carboxylic acid groups (broad SMARTS) is 1. The van der Waals surface area contributed by atoms with Gasteiger partial charge in [-0.3, -0.25) is 9.59 Å². The number of carboxylic acids is 1. The molecule has 0 aromatic carbocycles. The van der Waals surface area contributed by atoms with Gasteiger partial charge in [0, 0.05) is 6.92 Å². The highest BCUT2D eigenvalue weighted by atomic mass is 16.7. The minimum Gasteiger partial charge on any atom is -0.481 e. The van der Waals surface area contributed by atoms with Crippen molar-refractivity contribution in [1.82, 2.24) is 0 Å². The van der Waals surface area contributed by atoms with E-state index in [1.807, 2.05) is 0 Å². The predicted octanol–water partition coefficient (Wildman–Crippen LogP) is -1.31. The lowest BCUT2D eigenvalue weighted by atomic mass is 9.97. The molecule has 9 N–H and O–H groups in total. The Kier molecular flexibility index (Phi) is 18.9. The van der Waals surface area contributed by atoms with Crippen LogP contribution in [0.3, 0.4) is 0 Å². The minimum atomic E-state index is -1.79. The zero-order chi connectivity index (χ0) is 34.2. The summed E-state index contributed by atoms with van der Waals surface area (Å²) < 4.78 is 27.2. The molecule has 2 rings (SSSR count). The second kappa shape index (κ2) is 21.4. The van der Waals surface area contributed by atoms with Crippen LogP contribution in [-0.2, 0) is 33.3 Å². The van der Waals surface area contributed by atoms with Crippen LogP contribution in [0.15, 0.2) is 0 Å². The molecule has 2 heterocycles. The molecular weight excluding hydrogens is 616 g/mol. The molecule has 0 amide bonds. The van der Waals surface area contributed by atoms with E-state index in [0.717, 1.165) is 64.7 Å². The lowest BCUT2D eigenvalue weighted by molar-refractivity contribution is -0.360. The standard InChI is InChI=1S/C30H54O16/c1-17(32)42-16-21-28(46-30-26(40)24(38)23(37)20(14-31)44-30)25(39)27(41)29(45-21)43-15-19(34)12-10-8-6-4-2-3-5-7-9-11-18(33)13-22(35)36/h18-21,23-31,33-34,37-41H,2-16H2,1H3,(H,35,36)/t18-,19-,20-,21-,23-,24+,25-,26-,27-,28-,29-,30+/m1/s1. The molecule has 0 unspecified atom stereocenters. The highest BCUT2D eigenvalue weighted by Gasteiger charge is 2.51. The Morgan fingerprint density at radius 1 is 0.696 bits per heavy atom. The fourth-order valence-corrected chi connectivity index (χ4v) is 5.47. The summed E-state index contributed by atoms with van der Waals surface area (Å²) in [5.74, 6) is -1.66. The topological polar surface area (TPSA) is 262 Å². The number of ether oxygens (including phenoxy) is 5. The molecule has 0 aromatic heterocycles. The van der Waals surface area contributed by atoms with Crippen LogP contribution in [0, 0.1) is 0 Å². The molecule has 0 aromatic rings. The number of hydrogen-bond acceptors (Lipinski definition) is 15. The van der Waals surface area contributed by atoms with Crippen LogP contribution in [-0.4, -0.2) is 151 Å². The zero-order valence-corrected chi connectivity index (χ0v) is 26.4. The average molecular weight is 671 g/mol. The molecule has 2 fully saturated rings. The Morgan fingerprint density at radius 3 is 1.76 bits per heavy atom. The number of rotatable bonds is 22. The number of aliphatic hydroxyl groups is 8. The molecule has 0 bridgehead atoms. The van der Waals surface area contributed by atoms with E-state index in [4.69, 9.17) is 28.8 Å². The molecule has 46 heavy (non-hydrogen) atoms. The first-order chi connectivity index (χ1) is 21.8. The molecule has 12 atom stereocenters. The van der Waals surface area contributed by atoms with Gasteiger partial charge in [-0.05, 0) is 12.8 Å². The van der Waals surface area contributed by atoms with Crippen molar-refractivity contribution >= 4 is 11.9 Å². The van der Waals surface area contributed by atoms with Crippen molar-refractivity contribution in [2.24, 2.45) is 0 Å². The molecular formula is C30H54O16. The number of carbonyl (C=O) groups is 2. The lowest BCUT2D eigenvalue weighted by Crippen LogP contribution is -2.65. The van der Waals surface area contributed by atoms with Gasteiger partial charge in [0.2, 0.25) is 0 Å². The van der Waals surface area contributed by atoms with Crippen molar-refractivity contribution in [1.29, 1.82) is 0 Å². The summed E-state index contributed by atoms with van der Waals surface area (Å²) in [5, 5.41) is 90.0. The van der Waals surface area contributed by atoms with Crippen LogP contribution in [0.2, 0.25) is 0 Å². The third-order valence-electron chi connectivity index (χ3n) is 8.17. The van der Waals surface area contributed by atoms with E-state index in [1.54, 1.807) is 0 Å². The van der Waals surface area contributed by atoms with E-state index >= 15 is 0 Å². The normalized spacial score (nSPS) is 33.0. The number of esters is 1. The number of carbonyl (C=O) groups excluding carboxylic acids is 1. The van der Waals surface area contributed by atoms with E-state index < -0.39 is 98.8 Å². The molecule has 270 valence electrons. The fraction of sp³-hybridized carbons (Fsp3) is 0.933. The van der Waals surface area contributed by atoms with Crippen molar-refractivity contribution in [3.63, 3.8) is 0 Å². The van der Waals surface area contributed by atoms with Gasteiger partial charge in [-0.25, -0.2) is 0 Å². The Labute approximate surface area is 268 Å². The molecule has 2 saturated heterocycles. The predicted molar refractivity (Wildman–Crippen MR) is 157 cm³/mol. The molecule has 16 nitrogen and oxygen atoms in total. The third kappa shape index (κ3) is 13.9. The van der Waals surface area contributed by atoms with Crippen LogP contribution >= 0.6 is 0 Å². The first-order valence-corrected chi connectivity index (χ1v) is 16.2. The lowest BCUT2D eigenvalue weighted by Gasteiger charge is -2.46. The maximum absolute atomic E-state index is 11.5. The average Bonchev–Trinajstić information content (AvgIpc) is 3.00. The Morgan fingerprint density at radius 2 is 1.22 bits per heavy atom. The summed E-state index contributed by atoms with van der Waals surface area (Å²) in [6.45, 7) is -0.221. The Bertz CT molecular complexity index is 861. The summed E-state index contributed by atoms with van der Waals surface area (Å²) in [4.78, 5) is 22.0. The summed E-state index contributed by atoms with van der Waals surface area (Å²) in [6.07, 6.45) is -7.97. The van der Waals surface area contributed by atoms with E-state index in [0.29, 0.717) is 12.8 Å². The van der Waals surface area contributed by atoms with Crippen LogP contribution in [0.5, 0.6) is 0 Å². The van der Waals surface area contributed by atoms with Gasteiger partial charge in [0.15, 0.2) is 12.6 Å². The largest absolute Gasteiger partial charge is 0.481 e. The summed E-state index contributed by atoms with van der Waals surface area (Å²) in [6, 6.07) is 0. The van der Waals surface area contributed by atoms with Crippen LogP contribution in [0.25, 0.3) is 0 Å². The van der Waals surface area contributed by atoms with Gasteiger partial charge in [0.05, 0.1) is 31.8 Å². The van der Waals surface area contributed by atoms with Gasteiger partial charge in [-0.15, -0.1) is 0 Å². The fourth-order valence-electron chi connectivity index (χ4n) is 5.47. The number of unbranched alkanes of at least 4 members (excludes halogenated alkanes) is 8. The second-order valence-corrected chi connectivity index (χ2v) is 12.1. The molecule has 0 spiro atoms. The molecule has 2 aliphatic rings. The molecule has 0 radical (unpaired) electrons. The van der Waals surface area contributed by atoms with Gasteiger partial charge in [-0.1, -0.05) is 57.8 Å². The van der Waals surface area contributed by atoms with Gasteiger partial charge >= 0.3 is 11.9 Å². The second-order valence-electron chi connectivity index (χ2n) is 12.1. The summed E-state index contributed by atoms with van der Waals surface area (Å²) in [5.41, 5.74) is 0.